The summed E-state index contributed by atoms with van der Waals surface area (Å²) in [5.74, 6) is 0.348. The number of hydrogen-bond donors (Lipinski definition) is 1. The summed E-state index contributed by atoms with van der Waals surface area (Å²) in [6, 6.07) is 6.45. The lowest BCUT2D eigenvalue weighted by Crippen LogP contribution is -2.49. The molecule has 1 aliphatic rings. The van der Waals surface area contributed by atoms with Crippen LogP contribution in [0, 0.1) is 5.82 Å². The number of carbonyl (C=O) groups excluding carboxylic acids is 1. The van der Waals surface area contributed by atoms with Crippen molar-refractivity contribution in [3.8, 4) is 0 Å². The number of rotatable bonds is 6. The number of unbranched alkanes of at least 4 members (excludes halogenated alkanes) is 1. The van der Waals surface area contributed by atoms with Crippen molar-refractivity contribution in [1.82, 2.24) is 14.9 Å². The van der Waals surface area contributed by atoms with Gasteiger partial charge in [0, 0.05) is 38.4 Å². The molecular weight excluding hydrogens is 333 g/mol. The van der Waals surface area contributed by atoms with Crippen LogP contribution in [0.1, 0.15) is 30.3 Å². The lowest BCUT2D eigenvalue weighted by Gasteiger charge is -2.35. The van der Waals surface area contributed by atoms with Gasteiger partial charge >= 0.3 is 0 Å². The van der Waals surface area contributed by atoms with Gasteiger partial charge in [0.15, 0.2) is 0 Å². The molecule has 26 heavy (non-hydrogen) atoms. The van der Waals surface area contributed by atoms with Gasteiger partial charge in [-0.3, -0.25) is 4.79 Å². The third kappa shape index (κ3) is 4.47. The molecule has 2 heterocycles. The monoisotopic (exact) mass is 357 g/mol. The summed E-state index contributed by atoms with van der Waals surface area (Å²) in [5, 5.41) is 3.19. The number of nitrogens with one attached hydrogen (secondary N) is 1. The van der Waals surface area contributed by atoms with E-state index in [4.69, 9.17) is 0 Å². The zero-order valence-corrected chi connectivity index (χ0v) is 15.0. The summed E-state index contributed by atoms with van der Waals surface area (Å²) in [6.07, 6.45) is 5.32. The number of aromatic nitrogens is 2. The maximum Gasteiger partial charge on any atom is 0.274 e. The molecule has 1 N–H and O–H groups in total. The zero-order valence-electron chi connectivity index (χ0n) is 15.0. The first-order valence-electron chi connectivity index (χ1n) is 9.03. The Morgan fingerprint density at radius 3 is 2.46 bits per heavy atom. The third-order valence-electron chi connectivity index (χ3n) is 4.47. The van der Waals surface area contributed by atoms with Gasteiger partial charge < -0.3 is 15.1 Å². The van der Waals surface area contributed by atoms with E-state index < -0.39 is 0 Å². The van der Waals surface area contributed by atoms with Crippen molar-refractivity contribution in [2.75, 3.05) is 42.9 Å². The molecule has 0 radical (unpaired) electrons. The van der Waals surface area contributed by atoms with Crippen LogP contribution in [0.4, 0.5) is 15.9 Å². The van der Waals surface area contributed by atoms with E-state index in [0.717, 1.165) is 25.1 Å². The second-order valence-electron chi connectivity index (χ2n) is 6.32. The summed E-state index contributed by atoms with van der Waals surface area (Å²) >= 11 is 0. The fraction of sp³-hybridized carbons (Fsp3) is 0.421. The molecule has 1 aromatic heterocycles. The number of amides is 1. The van der Waals surface area contributed by atoms with Crippen molar-refractivity contribution >= 4 is 17.4 Å². The highest BCUT2D eigenvalue weighted by molar-refractivity contribution is 5.92. The van der Waals surface area contributed by atoms with Crippen molar-refractivity contribution in [1.29, 1.82) is 0 Å². The molecule has 2 aromatic rings. The molecule has 1 fully saturated rings. The fourth-order valence-electron chi connectivity index (χ4n) is 2.90. The van der Waals surface area contributed by atoms with Crippen LogP contribution in [0.3, 0.4) is 0 Å². The Labute approximate surface area is 153 Å². The molecule has 1 saturated heterocycles. The van der Waals surface area contributed by atoms with Gasteiger partial charge in [-0.15, -0.1) is 0 Å². The number of halogens is 1. The summed E-state index contributed by atoms with van der Waals surface area (Å²) in [6.45, 7) is 5.61. The Morgan fingerprint density at radius 2 is 1.85 bits per heavy atom. The van der Waals surface area contributed by atoms with Gasteiger partial charge in [0.2, 0.25) is 0 Å². The smallest absolute Gasteiger partial charge is 0.274 e. The molecule has 1 aromatic carbocycles. The van der Waals surface area contributed by atoms with Crippen LogP contribution in [0.2, 0.25) is 0 Å². The molecule has 1 amide bonds. The second-order valence-corrected chi connectivity index (χ2v) is 6.32. The van der Waals surface area contributed by atoms with Crippen molar-refractivity contribution in [2.45, 2.75) is 19.8 Å². The van der Waals surface area contributed by atoms with E-state index in [2.05, 4.69) is 27.1 Å². The Kier molecular flexibility index (Phi) is 5.99. The number of anilines is 2. The van der Waals surface area contributed by atoms with Gasteiger partial charge in [0.25, 0.3) is 5.91 Å². The molecule has 1 aliphatic heterocycles. The van der Waals surface area contributed by atoms with E-state index in [0.29, 0.717) is 37.7 Å². The number of nitrogens with zero attached hydrogens (tertiary/aromatic N) is 4. The van der Waals surface area contributed by atoms with Crippen LogP contribution in [0.15, 0.2) is 36.7 Å². The number of benzene rings is 1. The number of piperazine rings is 1. The van der Waals surface area contributed by atoms with E-state index in [1.54, 1.807) is 23.2 Å². The predicted molar refractivity (Wildman–Crippen MR) is 99.9 cm³/mol. The lowest BCUT2D eigenvalue weighted by molar-refractivity contribution is 0.0740. The maximum absolute atomic E-state index is 13.0. The van der Waals surface area contributed by atoms with Crippen LogP contribution < -0.4 is 10.2 Å². The van der Waals surface area contributed by atoms with Gasteiger partial charge in [0.05, 0.1) is 12.4 Å². The molecule has 138 valence electrons. The minimum Gasteiger partial charge on any atom is -0.369 e. The van der Waals surface area contributed by atoms with Crippen molar-refractivity contribution in [3.63, 3.8) is 0 Å². The molecule has 0 atom stereocenters. The quantitative estimate of drug-likeness (QED) is 0.806. The highest BCUT2D eigenvalue weighted by Crippen LogP contribution is 2.17. The minimum absolute atomic E-state index is 0.101. The van der Waals surface area contributed by atoms with Crippen LogP contribution in [0.5, 0.6) is 0 Å². The maximum atomic E-state index is 13.0. The van der Waals surface area contributed by atoms with Crippen LogP contribution in [-0.4, -0.2) is 53.5 Å². The van der Waals surface area contributed by atoms with Gasteiger partial charge in [0.1, 0.15) is 17.3 Å². The first-order valence-corrected chi connectivity index (χ1v) is 9.03. The van der Waals surface area contributed by atoms with Crippen LogP contribution in [0.25, 0.3) is 0 Å². The Bertz CT molecular complexity index is 712. The first kappa shape index (κ1) is 18.1. The fourth-order valence-corrected chi connectivity index (χ4v) is 2.90. The molecule has 0 aliphatic carbocycles. The normalized spacial score (nSPS) is 14.4. The lowest BCUT2D eigenvalue weighted by atomic mass is 10.2. The number of hydrogen-bond acceptors (Lipinski definition) is 5. The molecule has 0 bridgehead atoms. The summed E-state index contributed by atoms with van der Waals surface area (Å²) in [4.78, 5) is 25.0. The average molecular weight is 357 g/mol. The molecule has 6 nitrogen and oxygen atoms in total. The second kappa shape index (κ2) is 8.60. The summed E-state index contributed by atoms with van der Waals surface area (Å²) < 4.78 is 13.0. The standard InChI is InChI=1S/C19H24FN5O/c1-2-3-8-21-18-14-22-17(13-23-18)19(26)25-11-9-24(10-12-25)16-6-4-15(20)5-7-16/h4-7,13-14H,2-3,8-12H2,1H3,(H,21,23). The van der Waals surface area contributed by atoms with E-state index >= 15 is 0 Å². The predicted octanol–water partition coefficient (Wildman–Crippen LogP) is 2.79. The van der Waals surface area contributed by atoms with E-state index in [9.17, 15) is 9.18 Å². The summed E-state index contributed by atoms with van der Waals surface area (Å²) in [5.41, 5.74) is 1.34. The molecule has 0 saturated carbocycles. The number of carbonyl (C=O) groups is 1. The van der Waals surface area contributed by atoms with E-state index in [1.165, 1.54) is 18.3 Å². The highest BCUT2D eigenvalue weighted by Gasteiger charge is 2.23. The highest BCUT2D eigenvalue weighted by atomic mass is 19.1. The Hall–Kier alpha value is -2.70. The third-order valence-corrected chi connectivity index (χ3v) is 4.47. The molecule has 3 rings (SSSR count). The average Bonchev–Trinajstić information content (AvgIpc) is 2.69. The van der Waals surface area contributed by atoms with Crippen molar-refractivity contribution in [2.24, 2.45) is 0 Å². The van der Waals surface area contributed by atoms with Crippen LogP contribution >= 0.6 is 0 Å². The van der Waals surface area contributed by atoms with E-state index in [1.807, 2.05) is 0 Å². The molecule has 0 unspecified atom stereocenters. The van der Waals surface area contributed by atoms with E-state index in [-0.39, 0.29) is 11.7 Å². The molecule has 0 spiro atoms. The largest absolute Gasteiger partial charge is 0.369 e. The van der Waals surface area contributed by atoms with Crippen LogP contribution in [-0.2, 0) is 0 Å². The Balaban J connectivity index is 1.53. The van der Waals surface area contributed by atoms with Crippen molar-refractivity contribution in [3.05, 3.63) is 48.2 Å². The molecular formula is C19H24FN5O. The van der Waals surface area contributed by atoms with Gasteiger partial charge in [-0.25, -0.2) is 14.4 Å². The zero-order chi connectivity index (χ0) is 18.4. The molecule has 7 heteroatoms. The minimum atomic E-state index is -0.242. The van der Waals surface area contributed by atoms with Gasteiger partial charge in [-0.1, -0.05) is 13.3 Å². The summed E-state index contributed by atoms with van der Waals surface area (Å²) in [7, 11) is 0. The Morgan fingerprint density at radius 1 is 1.12 bits per heavy atom. The van der Waals surface area contributed by atoms with Crippen molar-refractivity contribution < 1.29 is 9.18 Å². The topological polar surface area (TPSA) is 61.4 Å². The van der Waals surface area contributed by atoms with Gasteiger partial charge in [-0.2, -0.15) is 0 Å². The van der Waals surface area contributed by atoms with Gasteiger partial charge in [-0.05, 0) is 30.7 Å². The SMILES string of the molecule is CCCCNc1cnc(C(=O)N2CCN(c3ccc(F)cc3)CC2)cn1. The first-order chi connectivity index (χ1) is 12.7.